The van der Waals surface area contributed by atoms with Crippen LogP contribution in [0.2, 0.25) is 0 Å². The van der Waals surface area contributed by atoms with Crippen molar-refractivity contribution in [3.8, 4) is 16.9 Å². The number of carbonyl (C=O) groups is 4. The van der Waals surface area contributed by atoms with Crippen LogP contribution in [0.5, 0.6) is 5.75 Å². The Hall–Kier alpha value is -3.99. The Labute approximate surface area is 254 Å². The maximum absolute atomic E-state index is 14.4. The minimum Gasteiger partial charge on any atom is -0.507 e. The molecule has 0 bridgehead atoms. The molecule has 1 aromatic heterocycles. The molecular formula is C34H37N3O7. The van der Waals surface area contributed by atoms with Gasteiger partial charge >= 0.3 is 0 Å². The summed E-state index contributed by atoms with van der Waals surface area (Å²) in [4.78, 5) is 60.8. The summed E-state index contributed by atoms with van der Waals surface area (Å²) >= 11 is 0. The Morgan fingerprint density at radius 2 is 1.77 bits per heavy atom. The number of aromatic hydroxyl groups is 1. The van der Waals surface area contributed by atoms with E-state index in [0.717, 1.165) is 16.5 Å². The van der Waals surface area contributed by atoms with E-state index in [4.69, 9.17) is 5.73 Å². The fourth-order valence-electron chi connectivity index (χ4n) is 7.94. The third kappa shape index (κ3) is 4.15. The van der Waals surface area contributed by atoms with E-state index in [-0.39, 0.29) is 24.2 Å². The number of likely N-dealkylation sites (N-methyl/N-ethyl adjacent to an activating group) is 1. The van der Waals surface area contributed by atoms with Gasteiger partial charge in [-0.15, -0.1) is 0 Å². The molecule has 1 amide bonds. The second kappa shape index (κ2) is 10.0. The summed E-state index contributed by atoms with van der Waals surface area (Å²) < 4.78 is 0. The molecule has 3 unspecified atom stereocenters. The van der Waals surface area contributed by atoms with Gasteiger partial charge in [-0.3, -0.25) is 24.2 Å². The van der Waals surface area contributed by atoms with Gasteiger partial charge in [0.1, 0.15) is 11.7 Å². The van der Waals surface area contributed by atoms with Crippen molar-refractivity contribution in [2.24, 2.45) is 29.4 Å². The maximum atomic E-state index is 14.4. The first-order chi connectivity index (χ1) is 20.6. The number of hydrogen-bond acceptors (Lipinski definition) is 9. The lowest BCUT2D eigenvalue weighted by Gasteiger charge is -2.55. The van der Waals surface area contributed by atoms with Crippen LogP contribution in [0.15, 0.2) is 42.6 Å². The first-order valence-electron chi connectivity index (χ1n) is 14.8. The van der Waals surface area contributed by atoms with Crippen molar-refractivity contribution in [1.29, 1.82) is 0 Å². The van der Waals surface area contributed by atoms with Crippen molar-refractivity contribution >= 4 is 34.2 Å². The van der Waals surface area contributed by atoms with E-state index in [0.29, 0.717) is 16.7 Å². The number of nitrogens with two attached hydrogens (primary N) is 1. The second-order valence-electron chi connectivity index (χ2n) is 13.8. The lowest BCUT2D eigenvalue weighted by Crippen LogP contribution is -2.75. The van der Waals surface area contributed by atoms with Crippen LogP contribution in [-0.2, 0) is 26.2 Å². The highest BCUT2D eigenvalue weighted by molar-refractivity contribution is 6.25. The number of aliphatic hydroxyl groups is 2. The van der Waals surface area contributed by atoms with Gasteiger partial charge in [0.05, 0.1) is 23.1 Å². The van der Waals surface area contributed by atoms with Crippen molar-refractivity contribution < 1.29 is 34.5 Å². The molecule has 2 fully saturated rings. The van der Waals surface area contributed by atoms with Crippen LogP contribution >= 0.6 is 0 Å². The summed E-state index contributed by atoms with van der Waals surface area (Å²) in [5.41, 5.74) is 5.51. The molecule has 0 aliphatic heterocycles. The van der Waals surface area contributed by atoms with Gasteiger partial charge in [0.15, 0.2) is 23.0 Å². The zero-order valence-electron chi connectivity index (χ0n) is 25.4. The van der Waals surface area contributed by atoms with Gasteiger partial charge in [-0.25, -0.2) is 0 Å². The van der Waals surface area contributed by atoms with E-state index in [9.17, 15) is 34.5 Å². The molecule has 0 radical (unpaired) electrons. The van der Waals surface area contributed by atoms with Crippen LogP contribution in [0.1, 0.15) is 48.7 Å². The number of nitrogens with zero attached hydrogens (tertiary/aromatic N) is 2. The molecule has 3 aliphatic rings. The van der Waals surface area contributed by atoms with Gasteiger partial charge in [-0.1, -0.05) is 39.0 Å². The van der Waals surface area contributed by atoms with E-state index in [2.05, 4.69) is 4.98 Å². The van der Waals surface area contributed by atoms with Crippen molar-refractivity contribution in [2.45, 2.75) is 56.8 Å². The Kier molecular flexibility index (Phi) is 6.84. The molecular weight excluding hydrogens is 562 g/mol. The van der Waals surface area contributed by atoms with E-state index < -0.39 is 70.1 Å². The van der Waals surface area contributed by atoms with Crippen LogP contribution in [0, 0.1) is 23.7 Å². The van der Waals surface area contributed by atoms with Crippen molar-refractivity contribution in [3.63, 3.8) is 0 Å². The highest BCUT2D eigenvalue weighted by Gasteiger charge is 2.69. The van der Waals surface area contributed by atoms with Gasteiger partial charge in [0.2, 0.25) is 5.91 Å². The van der Waals surface area contributed by atoms with E-state index in [1.165, 1.54) is 0 Å². The predicted octanol–water partition coefficient (Wildman–Crippen LogP) is 2.17. The summed E-state index contributed by atoms with van der Waals surface area (Å²) in [5.74, 6) is -9.23. The Morgan fingerprint density at radius 3 is 2.41 bits per heavy atom. The Bertz CT molecular complexity index is 1760. The highest BCUT2D eigenvalue weighted by Crippen LogP contribution is 2.53. The number of primary amides is 1. The fourth-order valence-corrected chi connectivity index (χ4v) is 7.94. The van der Waals surface area contributed by atoms with Crippen molar-refractivity contribution in [3.05, 3.63) is 59.3 Å². The summed E-state index contributed by atoms with van der Waals surface area (Å²) in [6.45, 7) is 5.72. The molecule has 3 aliphatic carbocycles. The maximum Gasteiger partial charge on any atom is 0.230 e. The number of pyridine rings is 1. The number of ketones is 3. The number of hydrogen-bond donors (Lipinski definition) is 4. The summed E-state index contributed by atoms with van der Waals surface area (Å²) in [6, 6.07) is 10.5. The topological polar surface area (TPSA) is 171 Å². The number of aliphatic hydroxyl groups excluding tert-OH is 1. The number of phenolic OH excluding ortho intramolecular Hbond substituents is 1. The molecule has 10 nitrogen and oxygen atoms in total. The van der Waals surface area contributed by atoms with Crippen LogP contribution in [-0.4, -0.2) is 80.3 Å². The summed E-state index contributed by atoms with van der Waals surface area (Å²) in [5, 5.41) is 35.5. The van der Waals surface area contributed by atoms with E-state index >= 15 is 0 Å². The van der Waals surface area contributed by atoms with Gasteiger partial charge < -0.3 is 26.0 Å². The number of benzene rings is 2. The van der Waals surface area contributed by atoms with E-state index in [1.54, 1.807) is 25.2 Å². The minimum absolute atomic E-state index is 0.00358. The molecule has 10 heteroatoms. The van der Waals surface area contributed by atoms with E-state index in [1.807, 2.05) is 57.2 Å². The average molecular weight is 600 g/mol. The first-order valence-corrected chi connectivity index (χ1v) is 14.8. The molecule has 230 valence electrons. The van der Waals surface area contributed by atoms with Crippen LogP contribution in [0.25, 0.3) is 22.0 Å². The van der Waals surface area contributed by atoms with Gasteiger partial charge in [0, 0.05) is 34.7 Å². The molecule has 5 N–H and O–H groups in total. The molecule has 7 atom stereocenters. The zero-order chi connectivity index (χ0) is 32.0. The number of carbonyl (C=O) groups excluding carboxylic acids is 4. The molecule has 2 saturated carbocycles. The van der Waals surface area contributed by atoms with Gasteiger partial charge in [-0.2, -0.15) is 0 Å². The highest BCUT2D eigenvalue weighted by atomic mass is 16.3. The second-order valence-corrected chi connectivity index (χ2v) is 13.8. The Balaban J connectivity index is 1.56. The molecule has 3 aromatic rings. The molecule has 44 heavy (non-hydrogen) atoms. The first kappa shape index (κ1) is 30.1. The number of para-hydroxylation sites is 1. The number of fused-ring (bicyclic) bond motifs is 4. The monoisotopic (exact) mass is 599 g/mol. The van der Waals surface area contributed by atoms with Gasteiger partial charge in [0.25, 0.3) is 0 Å². The third-order valence-corrected chi connectivity index (χ3v) is 10.00. The number of Topliss-reactive ketones (excluding diaryl/α,β-unsaturated/α-hetero) is 3. The normalized spacial score (nSPS) is 30.2. The molecule has 6 rings (SSSR count). The number of rotatable bonds is 3. The summed E-state index contributed by atoms with van der Waals surface area (Å²) in [6.07, 6.45) is 0.430. The third-order valence-electron chi connectivity index (χ3n) is 10.00. The minimum atomic E-state index is -2.70. The summed E-state index contributed by atoms with van der Waals surface area (Å²) in [7, 11) is 3.24. The molecule has 1 heterocycles. The quantitative estimate of drug-likeness (QED) is 0.329. The number of aromatic nitrogens is 1. The van der Waals surface area contributed by atoms with Crippen LogP contribution in [0.3, 0.4) is 0 Å². The molecule has 0 spiro atoms. The average Bonchev–Trinajstić information content (AvgIpc) is 2.94. The smallest absolute Gasteiger partial charge is 0.230 e. The predicted molar refractivity (Wildman–Crippen MR) is 162 cm³/mol. The molecule has 0 saturated heterocycles. The van der Waals surface area contributed by atoms with Crippen molar-refractivity contribution in [1.82, 2.24) is 9.88 Å². The number of phenols is 1. The van der Waals surface area contributed by atoms with Crippen molar-refractivity contribution in [2.75, 3.05) is 14.1 Å². The Morgan fingerprint density at radius 1 is 1.09 bits per heavy atom. The largest absolute Gasteiger partial charge is 0.507 e. The van der Waals surface area contributed by atoms with Crippen LogP contribution < -0.4 is 5.73 Å². The SMILES string of the molecule is CN(C)[C@H]1C(O)C(C(N)=O)C(=O)[C@]2(O)C(=O)C3C(=O)c4c(O)c(C(C)(C)C)cc(-c5cnc6ccccc6c5)c4C[C@@H]3C[C@H]12. The number of amides is 1. The standard InChI is InChI=1S/C34H37N3O7/c1-33(2,3)21-13-18(17-10-15-8-6-7-9-22(15)36-14-17)19-11-16-12-20-26(37(4)5)29(40)25(32(35)43)31(42)34(20,44)30(41)23(16)28(39)24(19)27(21)38/h6-10,13-14,16,20,23,25-26,29,38,40,44H,11-12H2,1-5H3,(H2,35,43)/t16-,20-,23?,25?,26-,29?,34-/m1/s1. The lowest BCUT2D eigenvalue weighted by molar-refractivity contribution is -0.190. The molecule has 2 aromatic carbocycles. The fraction of sp³-hybridized carbons (Fsp3) is 0.441. The lowest BCUT2D eigenvalue weighted by atomic mass is 9.51. The van der Waals surface area contributed by atoms with Crippen LogP contribution in [0.4, 0.5) is 0 Å². The van der Waals surface area contributed by atoms with Gasteiger partial charge in [-0.05, 0) is 67.6 Å². The zero-order valence-corrected chi connectivity index (χ0v) is 25.4.